The van der Waals surface area contributed by atoms with Gasteiger partial charge in [-0.15, -0.1) is 0 Å². The second kappa shape index (κ2) is 10.7. The van der Waals surface area contributed by atoms with E-state index >= 15 is 0 Å². The van der Waals surface area contributed by atoms with E-state index in [9.17, 15) is 9.18 Å². The minimum atomic E-state index is -0.376. The molecule has 1 aromatic heterocycles. The predicted octanol–water partition coefficient (Wildman–Crippen LogP) is 5.30. The van der Waals surface area contributed by atoms with E-state index in [-0.39, 0.29) is 17.6 Å². The highest BCUT2D eigenvalue weighted by molar-refractivity contribution is 6.06. The van der Waals surface area contributed by atoms with Crippen molar-refractivity contribution in [3.8, 4) is 11.6 Å². The second-order valence-corrected chi connectivity index (χ2v) is 7.46. The number of rotatable bonds is 6. The zero-order chi connectivity index (χ0) is 22.2. The highest BCUT2D eigenvalue weighted by atomic mass is 19.1. The summed E-state index contributed by atoms with van der Waals surface area (Å²) in [4.78, 5) is 21.9. The number of halogens is 1. The van der Waals surface area contributed by atoms with Crippen LogP contribution in [0.4, 0.5) is 10.1 Å². The first-order valence-electron chi connectivity index (χ1n) is 10.6. The Morgan fingerprint density at radius 2 is 2.00 bits per heavy atom. The van der Waals surface area contributed by atoms with Gasteiger partial charge in [0.2, 0.25) is 11.8 Å². The molecule has 164 valence electrons. The third-order valence-electron chi connectivity index (χ3n) is 5.35. The van der Waals surface area contributed by atoms with Crippen LogP contribution in [0.25, 0.3) is 0 Å². The van der Waals surface area contributed by atoms with E-state index in [1.54, 1.807) is 20.2 Å². The van der Waals surface area contributed by atoms with E-state index in [1.165, 1.54) is 6.08 Å². The lowest BCUT2D eigenvalue weighted by Crippen LogP contribution is -2.36. The van der Waals surface area contributed by atoms with Crippen LogP contribution in [0.5, 0.6) is 11.6 Å². The average Bonchev–Trinajstić information content (AvgIpc) is 2.79. The number of amidine groups is 1. The molecule has 0 atom stereocenters. The van der Waals surface area contributed by atoms with Gasteiger partial charge in [-0.25, -0.2) is 9.37 Å². The average molecular weight is 425 g/mol. The fraction of sp³-hybridized carbons (Fsp3) is 0.375. The summed E-state index contributed by atoms with van der Waals surface area (Å²) >= 11 is 0. The van der Waals surface area contributed by atoms with Crippen LogP contribution in [-0.4, -0.2) is 41.8 Å². The number of carbonyl (C=O) groups excluding carboxylic acids is 1. The van der Waals surface area contributed by atoms with E-state index in [1.807, 2.05) is 48.2 Å². The van der Waals surface area contributed by atoms with E-state index in [4.69, 9.17) is 4.74 Å². The summed E-state index contributed by atoms with van der Waals surface area (Å²) in [6.07, 6.45) is 5.57. The summed E-state index contributed by atoms with van der Waals surface area (Å²) in [5, 5.41) is 2.98. The van der Waals surface area contributed by atoms with Crippen molar-refractivity contribution in [2.24, 2.45) is 4.99 Å². The van der Waals surface area contributed by atoms with Crippen molar-refractivity contribution in [1.29, 1.82) is 0 Å². The number of anilines is 1. The molecule has 2 aromatic rings. The molecule has 1 amide bonds. The number of hydrogen-bond acceptors (Lipinski definition) is 4. The number of pyridine rings is 1. The standard InChI is InChI=1S/C24H29FN4O2/c1-4-6-22(25)23(26-3)28-19-8-10-20(11-9-19)31-24-21(7-5-14-27-24)18-12-15-29(16-13-18)17(2)30/h5-11,14,18H,4,12-13,15-16H2,1-3H3,(H,26,28)/b22-6+. The van der Waals surface area contributed by atoms with Gasteiger partial charge in [0.25, 0.3) is 0 Å². The summed E-state index contributed by atoms with van der Waals surface area (Å²) in [5.74, 6) is 1.47. The number of ether oxygens (including phenoxy) is 1. The number of hydrogen-bond donors (Lipinski definition) is 1. The summed E-state index contributed by atoms with van der Waals surface area (Å²) in [5.41, 5.74) is 1.77. The molecule has 1 N–H and O–H groups in total. The van der Waals surface area contributed by atoms with Gasteiger partial charge in [0, 0.05) is 44.5 Å². The smallest absolute Gasteiger partial charge is 0.222 e. The Kier molecular flexibility index (Phi) is 7.76. The zero-order valence-corrected chi connectivity index (χ0v) is 18.3. The number of piperidine rings is 1. The van der Waals surface area contributed by atoms with Gasteiger partial charge < -0.3 is 15.0 Å². The summed E-state index contributed by atoms with van der Waals surface area (Å²) in [6.45, 7) is 4.98. The van der Waals surface area contributed by atoms with Crippen molar-refractivity contribution in [2.75, 3.05) is 25.5 Å². The van der Waals surface area contributed by atoms with Crippen molar-refractivity contribution < 1.29 is 13.9 Å². The number of nitrogens with zero attached hydrogens (tertiary/aromatic N) is 3. The lowest BCUT2D eigenvalue weighted by atomic mass is 9.90. The van der Waals surface area contributed by atoms with E-state index < -0.39 is 0 Å². The maximum atomic E-state index is 14.0. The van der Waals surface area contributed by atoms with Gasteiger partial charge in [-0.1, -0.05) is 13.0 Å². The Hall–Kier alpha value is -3.22. The zero-order valence-electron chi connectivity index (χ0n) is 18.3. The van der Waals surface area contributed by atoms with Gasteiger partial charge in [0.1, 0.15) is 5.75 Å². The molecule has 0 aliphatic carbocycles. The molecule has 3 rings (SSSR count). The highest BCUT2D eigenvalue weighted by Crippen LogP contribution is 2.35. The predicted molar refractivity (Wildman–Crippen MR) is 121 cm³/mol. The van der Waals surface area contributed by atoms with Crippen molar-refractivity contribution in [3.05, 3.63) is 60.1 Å². The Bertz CT molecular complexity index is 948. The van der Waals surface area contributed by atoms with Gasteiger partial charge >= 0.3 is 0 Å². The molecule has 31 heavy (non-hydrogen) atoms. The first kappa shape index (κ1) is 22.5. The molecule has 2 heterocycles. The lowest BCUT2D eigenvalue weighted by Gasteiger charge is -2.31. The number of benzene rings is 1. The molecule has 0 bridgehead atoms. The monoisotopic (exact) mass is 424 g/mol. The quantitative estimate of drug-likeness (QED) is 0.505. The van der Waals surface area contributed by atoms with Crippen molar-refractivity contribution >= 4 is 17.4 Å². The molecule has 1 saturated heterocycles. The highest BCUT2D eigenvalue weighted by Gasteiger charge is 2.25. The third kappa shape index (κ3) is 5.90. The van der Waals surface area contributed by atoms with Crippen LogP contribution >= 0.6 is 0 Å². The first-order valence-corrected chi connectivity index (χ1v) is 10.6. The van der Waals surface area contributed by atoms with Crippen molar-refractivity contribution in [1.82, 2.24) is 9.88 Å². The third-order valence-corrected chi connectivity index (χ3v) is 5.35. The largest absolute Gasteiger partial charge is 0.439 e. The maximum absolute atomic E-state index is 14.0. The number of aromatic nitrogens is 1. The minimum Gasteiger partial charge on any atom is -0.439 e. The van der Waals surface area contributed by atoms with Crippen LogP contribution in [0.15, 0.2) is 59.5 Å². The molecule has 0 unspecified atom stereocenters. The molecule has 7 heteroatoms. The number of likely N-dealkylation sites (tertiary alicyclic amines) is 1. The Labute approximate surface area is 182 Å². The van der Waals surface area contributed by atoms with Gasteiger partial charge in [-0.3, -0.25) is 9.79 Å². The van der Waals surface area contributed by atoms with Crippen LogP contribution < -0.4 is 10.1 Å². The summed E-state index contributed by atoms with van der Waals surface area (Å²) in [7, 11) is 1.55. The fourth-order valence-corrected chi connectivity index (χ4v) is 3.66. The van der Waals surface area contributed by atoms with E-state index in [0.29, 0.717) is 29.7 Å². The second-order valence-electron chi connectivity index (χ2n) is 7.46. The molecule has 1 fully saturated rings. The number of nitrogens with one attached hydrogen (secondary N) is 1. The van der Waals surface area contributed by atoms with Gasteiger partial charge in [-0.2, -0.15) is 0 Å². The maximum Gasteiger partial charge on any atom is 0.222 e. The molecule has 6 nitrogen and oxygen atoms in total. The fourth-order valence-electron chi connectivity index (χ4n) is 3.66. The lowest BCUT2D eigenvalue weighted by molar-refractivity contribution is -0.129. The van der Waals surface area contributed by atoms with Crippen LogP contribution in [0.2, 0.25) is 0 Å². The van der Waals surface area contributed by atoms with Crippen LogP contribution in [-0.2, 0) is 4.79 Å². The molecule has 0 radical (unpaired) electrons. The molecular weight excluding hydrogens is 395 g/mol. The van der Waals surface area contributed by atoms with E-state index in [2.05, 4.69) is 15.3 Å². The van der Waals surface area contributed by atoms with Gasteiger partial charge in [-0.05, 0) is 61.6 Å². The molecule has 1 aliphatic heterocycles. The Balaban J connectivity index is 1.68. The van der Waals surface area contributed by atoms with Crippen molar-refractivity contribution in [2.45, 2.75) is 39.0 Å². The Morgan fingerprint density at radius 3 is 2.61 bits per heavy atom. The SMILES string of the molecule is CC/C=C(/F)C(=NC)Nc1ccc(Oc2ncccc2C2CCN(C(C)=O)CC2)cc1. The minimum absolute atomic E-state index is 0.121. The molecular formula is C24H29FN4O2. The van der Waals surface area contributed by atoms with E-state index in [0.717, 1.165) is 31.5 Å². The number of aliphatic imine (C=N–C) groups is 1. The van der Waals surface area contributed by atoms with Crippen LogP contribution in [0.1, 0.15) is 44.6 Å². The van der Waals surface area contributed by atoms with Crippen LogP contribution in [0.3, 0.4) is 0 Å². The summed E-state index contributed by atoms with van der Waals surface area (Å²) < 4.78 is 20.1. The molecule has 1 aromatic carbocycles. The van der Waals surface area contributed by atoms with Crippen LogP contribution in [0, 0.1) is 0 Å². The Morgan fingerprint density at radius 1 is 1.29 bits per heavy atom. The topological polar surface area (TPSA) is 66.8 Å². The molecule has 0 spiro atoms. The first-order chi connectivity index (χ1) is 15.0. The number of allylic oxidation sites excluding steroid dienone is 1. The van der Waals surface area contributed by atoms with Crippen molar-refractivity contribution in [3.63, 3.8) is 0 Å². The number of amides is 1. The normalized spacial score (nSPS) is 15.7. The number of carbonyl (C=O) groups is 1. The van der Waals surface area contributed by atoms with Gasteiger partial charge in [0.15, 0.2) is 11.7 Å². The molecule has 0 saturated carbocycles. The molecule has 1 aliphatic rings. The van der Waals surface area contributed by atoms with Gasteiger partial charge in [0.05, 0.1) is 0 Å². The summed E-state index contributed by atoms with van der Waals surface area (Å²) in [6, 6.07) is 11.2.